The fraction of sp³-hybridized carbons (Fsp3) is 0.395. The van der Waals surface area contributed by atoms with Crippen molar-refractivity contribution in [3.05, 3.63) is 119 Å². The zero-order valence-electron chi connectivity index (χ0n) is 58.9. The first kappa shape index (κ1) is 125. The summed E-state index contributed by atoms with van der Waals surface area (Å²) >= 11 is 7.25. The van der Waals surface area contributed by atoms with Gasteiger partial charge in [0.1, 0.15) is 17.6 Å². The summed E-state index contributed by atoms with van der Waals surface area (Å²) in [5.74, 6) is 0.734. The number of alkyl halides is 3. The Kier molecular flexibility index (Phi) is 90.7. The van der Waals surface area contributed by atoms with Crippen molar-refractivity contribution in [3.8, 4) is 17.2 Å². The fourth-order valence-electron chi connectivity index (χ4n) is 7.95. The number of rotatable bonds is 14. The second-order valence-corrected chi connectivity index (χ2v) is 148. The number of benzene rings is 4. The van der Waals surface area contributed by atoms with Gasteiger partial charge in [-0.15, -0.1) is 0 Å². The van der Waals surface area contributed by atoms with Crippen LogP contribution in [0.2, 0.25) is 13.3 Å². The third-order valence-corrected chi connectivity index (χ3v) is 171. The average molecular weight is 3030 g/mol. The van der Waals surface area contributed by atoms with Crippen LogP contribution in [0.1, 0.15) is 116 Å². The van der Waals surface area contributed by atoms with Crippen molar-refractivity contribution >= 4 is 643 Å². The van der Waals surface area contributed by atoms with Crippen LogP contribution >= 0.6 is 0 Å². The number of carbonyl (C=O) groups is 2. The monoisotopic (exact) mass is 3030 g/mol. The molecule has 2 aliphatic rings. The first-order valence-electron chi connectivity index (χ1n) is 30.1. The van der Waals surface area contributed by atoms with Crippen LogP contribution in [0.25, 0.3) is 0 Å². The molecule has 122 heavy (non-hydrogen) atoms. The smallest absolute Gasteiger partial charge is 0.484 e. The maximum absolute atomic E-state index is 12.6. The Morgan fingerprint density at radius 2 is 0.533 bits per heavy atom. The fourth-order valence-corrected chi connectivity index (χ4v) is 197. The Hall–Kier alpha value is 10.9. The van der Waals surface area contributed by atoms with Gasteiger partial charge in [0.15, 0.2) is 5.78 Å². The van der Waals surface area contributed by atoms with E-state index in [2.05, 4.69) is 49.2 Å². The Morgan fingerprint density at radius 1 is 0.328 bits per heavy atom. The Labute approximate surface area is 905 Å². The van der Waals surface area contributed by atoms with Crippen LogP contribution in [0.3, 0.4) is 0 Å². The van der Waals surface area contributed by atoms with Crippen LogP contribution < -0.4 is 17.2 Å². The minimum Gasteiger partial charge on any atom is -0.484 e. The van der Waals surface area contributed by atoms with Gasteiger partial charge in [-0.2, -0.15) is 21.6 Å². The third kappa shape index (κ3) is 65.3. The number of fused-ring (bicyclic) bond motifs is 2. The number of unbranched alkanes of at least 4 members (excludes halogenated alkanes) is 3. The number of hydrogen-bond donors (Lipinski definition) is 0. The van der Waals surface area contributed by atoms with Gasteiger partial charge in [-0.05, 0) is 29.8 Å². The summed E-state index contributed by atoms with van der Waals surface area (Å²) in [5, 5.41) is 0. The van der Waals surface area contributed by atoms with Gasteiger partial charge in [0.25, 0.3) is 0 Å². The molecule has 0 saturated heterocycles. The Bertz CT molecular complexity index is 7550. The van der Waals surface area contributed by atoms with Gasteiger partial charge >= 0.3 is 203 Å². The molecule has 0 fully saturated rings. The first-order chi connectivity index (χ1) is 59.7. The molecule has 79 heteroatoms. The van der Waals surface area contributed by atoms with Gasteiger partial charge < -0.3 is 8.92 Å². The summed E-state index contributed by atoms with van der Waals surface area (Å²) in [4.78, 5) is 24.7. The van der Waals surface area contributed by atoms with E-state index < -0.39 is 45.9 Å². The molecule has 6 rings (SSSR count). The Morgan fingerprint density at radius 3 is 0.738 bits per heavy atom. The molecule has 0 spiro atoms. The quantitative estimate of drug-likeness (QED) is 0.0695. The van der Waals surface area contributed by atoms with E-state index in [1.807, 2.05) is 477 Å². The van der Waals surface area contributed by atoms with Crippen LogP contribution in [-0.2, 0) is 610 Å². The van der Waals surface area contributed by atoms with Crippen LogP contribution in [0, 0.1) is 0 Å². The van der Waals surface area contributed by atoms with E-state index in [0.717, 1.165) is 29.0 Å². The molecule has 4 aromatic rings. The van der Waals surface area contributed by atoms with Crippen LogP contribution in [0.4, 0.5) is 13.2 Å². The minimum atomic E-state index is -5.72. The molecule has 0 aliphatic carbocycles. The maximum Gasteiger partial charge on any atom is 0.534 e. The van der Waals surface area contributed by atoms with Gasteiger partial charge in [0.05, 0.1) is 12.0 Å². The summed E-state index contributed by atoms with van der Waals surface area (Å²) in [6.45, 7) is 6.98. The van der Waals surface area contributed by atoms with E-state index in [0.29, 0.717) is 23.3 Å². The molecule has 2 aliphatic heterocycles. The molecule has 2 heterocycles. The van der Waals surface area contributed by atoms with Crippen molar-refractivity contribution in [2.75, 3.05) is 0 Å². The predicted octanol–water partition coefficient (Wildman–Crippen LogP) is 10.9. The van der Waals surface area contributed by atoms with Crippen molar-refractivity contribution in [1.29, 1.82) is 0 Å². The minimum absolute atomic E-state index is 0.0675. The second-order valence-electron chi connectivity index (χ2n) is 18.6. The van der Waals surface area contributed by atoms with Gasteiger partial charge in [0, 0.05) is 600 Å². The van der Waals surface area contributed by atoms with Crippen molar-refractivity contribution in [2.24, 2.45) is 0 Å². The van der Waals surface area contributed by atoms with Crippen LogP contribution in [0.15, 0.2) is 97.1 Å². The number of ketones is 2. The molecule has 0 saturated carbocycles. The normalized spacial score (nSPS) is 11.9. The second kappa shape index (κ2) is 88.4. The molecule has 696 valence electrons. The van der Waals surface area contributed by atoms with Gasteiger partial charge in [-0.25, -0.2) is 0 Å². The molecule has 0 radical (unpaired) electrons. The SMILES string of the molecule is CCC[CH2][Sn]([CH2]CCC)([CH2]CCC)[c]1ccc(C2CC(=O)c3ccccc3O2)cc1.O=C1CC(c2ccc(OS(=O)(=O)C(F)(F)F)cc2)Oc2ccccc21.S=S=S=S=S=S=S=S=S=S=S=S=S=S=S=S=S=S=S=S=S=S=S=S=S=S=S=S=S=S=S=S=S=S=S=S=S=S=S=S=S=S=S=S=S=S=S=S=S=S=S=S=S=S=S=S=S=S=S=S=S=S=S=S=S=S=S. The van der Waals surface area contributed by atoms with E-state index in [1.165, 1.54) is 81.7 Å². The molecule has 2 atom stereocenters. The van der Waals surface area contributed by atoms with E-state index in [-0.39, 0.29) is 24.1 Å². The summed E-state index contributed by atoms with van der Waals surface area (Å²) < 4.78 is 80.9. The Balaban J connectivity index is 0.000000457. The van der Waals surface area contributed by atoms with E-state index in [1.54, 1.807) is 134 Å². The number of carbonyl (C=O) groups excluding carboxylic acids is 2. The van der Waals surface area contributed by atoms with Gasteiger partial charge in [-0.3, -0.25) is 4.79 Å². The summed E-state index contributed by atoms with van der Waals surface area (Å²) in [6, 6.07) is 28.6. The number of Topliss-reactive ketones (excluding diaryl/α,β-unsaturated/α-hetero) is 2. The summed E-state index contributed by atoms with van der Waals surface area (Å²) in [7, 11) is 111. The van der Waals surface area contributed by atoms with E-state index >= 15 is 0 Å². The van der Waals surface area contributed by atoms with Crippen molar-refractivity contribution in [2.45, 2.75) is 103 Å². The van der Waals surface area contributed by atoms with Crippen molar-refractivity contribution < 1.29 is 44.8 Å². The number of hydrogen-bond acceptors (Lipinski definition) is 9. The molecule has 0 bridgehead atoms. The molecule has 7 nitrogen and oxygen atoms in total. The predicted molar refractivity (Wildman–Crippen MR) is 704 cm³/mol. The van der Waals surface area contributed by atoms with Crippen LogP contribution in [-0.4, -0.2) is 43.9 Å². The maximum atomic E-state index is 12.6. The van der Waals surface area contributed by atoms with E-state index in [4.69, 9.17) is 31.8 Å². The molecule has 0 amide bonds. The van der Waals surface area contributed by atoms with Crippen molar-refractivity contribution in [3.63, 3.8) is 0 Å². The third-order valence-electron chi connectivity index (χ3n) is 12.1. The molecular weight excluding hydrogens is 2980 g/mol. The molecular formula is C43H49F3O7S68Sn. The van der Waals surface area contributed by atoms with E-state index in [9.17, 15) is 31.2 Å². The van der Waals surface area contributed by atoms with Crippen molar-refractivity contribution in [1.82, 2.24) is 0 Å². The summed E-state index contributed by atoms with van der Waals surface area (Å²) in [6.07, 6.45) is 7.76. The molecule has 0 aromatic heterocycles. The van der Waals surface area contributed by atoms with Gasteiger partial charge in [0.2, 0.25) is 0 Å². The number of para-hydroxylation sites is 2. The molecule has 2 unspecified atom stereocenters. The number of halogens is 3. The first-order valence-corrected chi connectivity index (χ1v) is 127. The zero-order valence-corrected chi connectivity index (χ0v) is 117. The molecule has 0 N–H and O–H groups in total. The standard InChI is InChI=1S/C16H11F3O5S.C15H11O2.3C4H9.S67.Sn/c17-16(18,19)25(21,22)24-11-7-5-10(6-8-11)15-9-13(20)12-3-1-2-4-14(12)23-15;16-13-10-15(11-6-2-1-3-7-11)17-14-9-5-4-8-12(13)14;3*1-3-4-2;1-3-5-7-9-11-13-15-17-19-21-23-25-27-29-31-33-35-37-39-41-43-45-47-49-51-53-55-57-59-61-63-65-67-66-64-62-60-58-56-54-52-50-48-46-44-42-40-38-36-34-32-30-28-26-24-22-20-18-16-14-12-10-8-6-4-2;/h1-8,15H,9H2;2-9,15H,10H2;3*1,3-4H2,2H3;;. The average Bonchev–Trinajstić information content (AvgIpc) is 0.796. The zero-order chi connectivity index (χ0) is 87.6. The number of ether oxygens (including phenoxy) is 2. The van der Waals surface area contributed by atoms with Crippen LogP contribution in [0.5, 0.6) is 17.2 Å². The summed E-state index contributed by atoms with van der Waals surface area (Å²) in [5.41, 5.74) is -2.66. The molecule has 4 aromatic carbocycles. The van der Waals surface area contributed by atoms with Gasteiger partial charge in [-0.1, -0.05) is 24.3 Å². The largest absolute Gasteiger partial charge is 0.534 e. The topological polar surface area (TPSA) is 96.0 Å².